The molecule has 0 bridgehead atoms. The van der Waals surface area contributed by atoms with Crippen molar-refractivity contribution in [2.24, 2.45) is 0 Å². The van der Waals surface area contributed by atoms with Crippen molar-refractivity contribution in [3.8, 4) is 11.4 Å². The Kier molecular flexibility index (Phi) is 4.69. The first-order chi connectivity index (χ1) is 24.4. The lowest BCUT2D eigenvalue weighted by atomic mass is 10.00. The zero-order valence-electron chi connectivity index (χ0n) is 26.3. The van der Waals surface area contributed by atoms with E-state index in [2.05, 4.69) is 165 Å². The van der Waals surface area contributed by atoms with Crippen LogP contribution < -0.4 is 0 Å². The van der Waals surface area contributed by atoms with Gasteiger partial charge < -0.3 is 13.5 Å². The molecule has 0 N–H and O–H groups in total. The molecule has 12 aromatic rings. The number of hydrogen-bond acceptors (Lipinski definition) is 1. The smallest absolute Gasteiger partial charge is 0.0745 e. The lowest BCUT2D eigenvalue weighted by Gasteiger charge is -2.11. The molecular weight excluding hydrogens is 597 g/mol. The Bertz CT molecular complexity index is 3320. The van der Waals surface area contributed by atoms with Crippen molar-refractivity contribution in [2.45, 2.75) is 0 Å². The van der Waals surface area contributed by atoms with E-state index in [4.69, 9.17) is 4.98 Å². The first-order valence-corrected chi connectivity index (χ1v) is 16.8. The van der Waals surface area contributed by atoms with Crippen molar-refractivity contribution in [1.29, 1.82) is 0 Å². The van der Waals surface area contributed by atoms with Crippen LogP contribution in [-0.2, 0) is 0 Å². The fraction of sp³-hybridized carbons (Fsp3) is 0. The van der Waals surface area contributed by atoms with Crippen molar-refractivity contribution in [1.82, 2.24) is 18.5 Å². The topological polar surface area (TPSA) is 27.2 Å². The van der Waals surface area contributed by atoms with Gasteiger partial charge in [-0.3, -0.25) is 4.98 Å². The molecule has 4 heteroatoms. The molecule has 0 fully saturated rings. The van der Waals surface area contributed by atoms with Crippen LogP contribution in [0.15, 0.2) is 158 Å². The number of benzene rings is 7. The highest BCUT2D eigenvalue weighted by Gasteiger charge is 2.26. The van der Waals surface area contributed by atoms with E-state index in [0.717, 1.165) is 16.9 Å². The minimum absolute atomic E-state index is 1.08. The largest absolute Gasteiger partial charge is 0.308 e. The average molecular weight is 623 g/mol. The molecule has 0 atom stereocenters. The summed E-state index contributed by atoms with van der Waals surface area (Å²) in [4.78, 5) is 4.94. The van der Waals surface area contributed by atoms with E-state index in [9.17, 15) is 0 Å². The zero-order valence-corrected chi connectivity index (χ0v) is 26.3. The second-order valence-electron chi connectivity index (χ2n) is 13.2. The van der Waals surface area contributed by atoms with Crippen LogP contribution in [0, 0.1) is 0 Å². The number of para-hydroxylation sites is 4. The highest BCUT2D eigenvalue weighted by atomic mass is 15.0. The fourth-order valence-electron chi connectivity index (χ4n) is 8.94. The molecular formula is C45H26N4. The molecule has 0 aliphatic carbocycles. The predicted molar refractivity (Wildman–Crippen MR) is 205 cm³/mol. The molecule has 5 aromatic heterocycles. The first-order valence-electron chi connectivity index (χ1n) is 16.8. The lowest BCUT2D eigenvalue weighted by Crippen LogP contribution is -1.97. The highest BCUT2D eigenvalue weighted by Crippen LogP contribution is 2.48. The molecule has 226 valence electrons. The van der Waals surface area contributed by atoms with Gasteiger partial charge in [0.25, 0.3) is 0 Å². The van der Waals surface area contributed by atoms with Crippen LogP contribution in [0.5, 0.6) is 0 Å². The van der Waals surface area contributed by atoms with Gasteiger partial charge in [-0.15, -0.1) is 0 Å². The van der Waals surface area contributed by atoms with Gasteiger partial charge >= 0.3 is 0 Å². The maximum absolute atomic E-state index is 4.94. The molecule has 0 aliphatic rings. The van der Waals surface area contributed by atoms with Gasteiger partial charge in [0.2, 0.25) is 0 Å². The molecule has 49 heavy (non-hydrogen) atoms. The molecule has 5 heterocycles. The standard InChI is InChI=1S/C45H26N4/c1-2-13-28(14-3-1)47-36-20-10-7-17-31(36)41-39(47)25-46-26-40(41)48-37-21-11-8-18-32(37)42-38(48)24-34-30-16-6-9-19-35(30)49-44-29-15-5-4-12-27(29)22-23-33(44)43(42)45(34)49/h1-26H. The Morgan fingerprint density at radius 1 is 0.367 bits per heavy atom. The van der Waals surface area contributed by atoms with E-state index in [0.29, 0.717) is 0 Å². The summed E-state index contributed by atoms with van der Waals surface area (Å²) in [6.45, 7) is 0. The van der Waals surface area contributed by atoms with Crippen LogP contribution in [0.2, 0.25) is 0 Å². The van der Waals surface area contributed by atoms with Crippen LogP contribution >= 0.6 is 0 Å². The van der Waals surface area contributed by atoms with Crippen LogP contribution in [0.25, 0.3) is 104 Å². The van der Waals surface area contributed by atoms with Crippen molar-refractivity contribution in [2.75, 3.05) is 0 Å². The predicted octanol–water partition coefficient (Wildman–Crippen LogP) is 11.6. The summed E-state index contributed by atoms with van der Waals surface area (Å²) in [5, 5.41) is 12.6. The number of rotatable bonds is 2. The summed E-state index contributed by atoms with van der Waals surface area (Å²) < 4.78 is 7.35. The van der Waals surface area contributed by atoms with Gasteiger partial charge in [0.15, 0.2) is 0 Å². The van der Waals surface area contributed by atoms with Gasteiger partial charge in [0.1, 0.15) is 0 Å². The van der Waals surface area contributed by atoms with Crippen molar-refractivity contribution in [3.05, 3.63) is 158 Å². The maximum Gasteiger partial charge on any atom is 0.0745 e. The molecule has 0 radical (unpaired) electrons. The van der Waals surface area contributed by atoms with Crippen molar-refractivity contribution in [3.63, 3.8) is 0 Å². The SMILES string of the molecule is c1ccc(-n2c3ccccc3c3c(-n4c5ccccc5c5c6c7ccc8ccccc8c7n7c8ccccc8c(cc54)c67)cncc32)cc1. The Morgan fingerprint density at radius 3 is 1.84 bits per heavy atom. The summed E-state index contributed by atoms with van der Waals surface area (Å²) in [6, 6.07) is 53.0. The van der Waals surface area contributed by atoms with E-state index in [1.165, 1.54) is 87.0 Å². The minimum Gasteiger partial charge on any atom is -0.308 e. The Labute approximate surface area is 279 Å². The molecule has 0 unspecified atom stereocenters. The van der Waals surface area contributed by atoms with Crippen LogP contribution in [0.4, 0.5) is 0 Å². The maximum atomic E-state index is 4.94. The second kappa shape index (κ2) is 9.03. The van der Waals surface area contributed by atoms with Crippen LogP contribution in [0.3, 0.4) is 0 Å². The van der Waals surface area contributed by atoms with Crippen LogP contribution in [-0.4, -0.2) is 18.5 Å². The van der Waals surface area contributed by atoms with Gasteiger partial charge in [-0.2, -0.15) is 0 Å². The molecule has 0 aliphatic heterocycles. The number of nitrogens with zero attached hydrogens (tertiary/aromatic N) is 4. The van der Waals surface area contributed by atoms with Crippen molar-refractivity contribution >= 4 is 92.5 Å². The number of hydrogen-bond donors (Lipinski definition) is 0. The fourth-order valence-corrected chi connectivity index (χ4v) is 8.94. The molecule has 0 amide bonds. The van der Waals surface area contributed by atoms with E-state index in [1.54, 1.807) is 0 Å². The average Bonchev–Trinajstić information content (AvgIpc) is 3.89. The molecule has 0 spiro atoms. The molecule has 0 saturated carbocycles. The number of pyridine rings is 1. The highest BCUT2D eigenvalue weighted by molar-refractivity contribution is 6.37. The first kappa shape index (κ1) is 25.4. The zero-order chi connectivity index (χ0) is 31.8. The minimum atomic E-state index is 1.08. The summed E-state index contributed by atoms with van der Waals surface area (Å²) in [5.41, 5.74) is 10.7. The third-order valence-electron chi connectivity index (χ3n) is 10.8. The van der Waals surface area contributed by atoms with E-state index < -0.39 is 0 Å². The Hall–Kier alpha value is -6.65. The monoisotopic (exact) mass is 622 g/mol. The Balaban J connectivity index is 1.34. The summed E-state index contributed by atoms with van der Waals surface area (Å²) >= 11 is 0. The van der Waals surface area contributed by atoms with E-state index in [1.807, 2.05) is 6.20 Å². The van der Waals surface area contributed by atoms with E-state index >= 15 is 0 Å². The van der Waals surface area contributed by atoms with Crippen molar-refractivity contribution < 1.29 is 0 Å². The number of fused-ring (bicyclic) bond motifs is 15. The van der Waals surface area contributed by atoms with Gasteiger partial charge in [-0.25, -0.2) is 0 Å². The molecule has 0 saturated heterocycles. The molecule has 12 rings (SSSR count). The van der Waals surface area contributed by atoms with Gasteiger partial charge in [0.05, 0.1) is 56.7 Å². The summed E-state index contributed by atoms with van der Waals surface area (Å²) in [6.07, 6.45) is 4.08. The quantitative estimate of drug-likeness (QED) is 0.188. The third kappa shape index (κ3) is 3.07. The van der Waals surface area contributed by atoms with Gasteiger partial charge in [0, 0.05) is 54.2 Å². The summed E-state index contributed by atoms with van der Waals surface area (Å²) in [5.74, 6) is 0. The Morgan fingerprint density at radius 2 is 1.02 bits per heavy atom. The van der Waals surface area contributed by atoms with Gasteiger partial charge in [-0.1, -0.05) is 109 Å². The lowest BCUT2D eigenvalue weighted by molar-refractivity contribution is 1.14. The third-order valence-corrected chi connectivity index (χ3v) is 10.8. The van der Waals surface area contributed by atoms with E-state index in [-0.39, 0.29) is 0 Å². The van der Waals surface area contributed by atoms with Gasteiger partial charge in [-0.05, 0) is 41.8 Å². The second-order valence-corrected chi connectivity index (χ2v) is 13.2. The van der Waals surface area contributed by atoms with Crippen LogP contribution in [0.1, 0.15) is 0 Å². The molecule has 4 nitrogen and oxygen atoms in total. The molecule has 7 aromatic carbocycles. The summed E-state index contributed by atoms with van der Waals surface area (Å²) in [7, 11) is 0. The number of aromatic nitrogens is 4. The normalized spacial score (nSPS) is 12.5.